The summed E-state index contributed by atoms with van der Waals surface area (Å²) in [6, 6.07) is 12.3. The van der Waals surface area contributed by atoms with Crippen molar-refractivity contribution in [1.29, 1.82) is 0 Å². The maximum absolute atomic E-state index is 11.8. The molecule has 166 valence electrons. The van der Waals surface area contributed by atoms with Gasteiger partial charge >= 0.3 is 5.97 Å². The number of carbonyl (C=O) groups excluding carboxylic acids is 2. The Bertz CT molecular complexity index is 1170. The molecule has 3 aromatic rings. The second-order valence-electron chi connectivity index (χ2n) is 7.75. The maximum atomic E-state index is 11.8. The van der Waals surface area contributed by atoms with Crippen LogP contribution in [0.15, 0.2) is 45.3 Å². The number of aromatic nitrogens is 1. The van der Waals surface area contributed by atoms with Gasteiger partial charge in [-0.1, -0.05) is 44.0 Å². The van der Waals surface area contributed by atoms with Gasteiger partial charge in [-0.3, -0.25) is 4.79 Å². The number of carbonyl (C=O) groups is 2. The lowest BCUT2D eigenvalue weighted by atomic mass is 9.91. The predicted octanol–water partition coefficient (Wildman–Crippen LogP) is 7.21. The number of aryl methyl sites for hydroxylation is 3. The van der Waals surface area contributed by atoms with Crippen LogP contribution in [-0.2, 0) is 24.0 Å². The Morgan fingerprint density at radius 3 is 2.28 bits per heavy atom. The minimum Gasteiger partial charge on any atom is -0.461 e. The fourth-order valence-corrected chi connectivity index (χ4v) is 5.82. The second-order valence-corrected chi connectivity index (χ2v) is 10.6. The SMILES string of the molecule is CCOC(=O)c1nc2c(s1)-c1cc(Br)ccc1CCC2.O=C1CCCc2ccc(Br)cc21. The number of hydrogen-bond donors (Lipinski definition) is 0. The minimum atomic E-state index is -0.317. The molecular weight excluding hydrogens is 554 g/mol. The summed E-state index contributed by atoms with van der Waals surface area (Å²) in [7, 11) is 0. The molecule has 2 aliphatic carbocycles. The van der Waals surface area contributed by atoms with E-state index in [1.54, 1.807) is 0 Å². The second kappa shape index (κ2) is 10.4. The molecule has 0 unspecified atom stereocenters. The van der Waals surface area contributed by atoms with Crippen LogP contribution in [0.5, 0.6) is 0 Å². The van der Waals surface area contributed by atoms with E-state index in [2.05, 4.69) is 55.0 Å². The number of halogens is 2. The van der Waals surface area contributed by atoms with Crippen molar-refractivity contribution < 1.29 is 14.3 Å². The first-order valence-electron chi connectivity index (χ1n) is 10.7. The Morgan fingerprint density at radius 2 is 1.59 bits per heavy atom. The molecular formula is C25H23Br2NO3S. The van der Waals surface area contributed by atoms with Crippen molar-refractivity contribution in [3.05, 3.63) is 72.7 Å². The highest BCUT2D eigenvalue weighted by Crippen LogP contribution is 2.38. The summed E-state index contributed by atoms with van der Waals surface area (Å²) in [6.07, 6.45) is 5.80. The average molecular weight is 577 g/mol. The lowest BCUT2D eigenvalue weighted by molar-refractivity contribution is 0.0525. The van der Waals surface area contributed by atoms with E-state index < -0.39 is 0 Å². The molecule has 2 aromatic carbocycles. The van der Waals surface area contributed by atoms with Crippen LogP contribution in [0.25, 0.3) is 10.4 Å². The third kappa shape index (κ3) is 5.21. The van der Waals surface area contributed by atoms with Crippen molar-refractivity contribution in [1.82, 2.24) is 4.98 Å². The Morgan fingerprint density at radius 1 is 0.969 bits per heavy atom. The van der Waals surface area contributed by atoms with Crippen LogP contribution < -0.4 is 0 Å². The zero-order valence-electron chi connectivity index (χ0n) is 17.7. The standard InChI is InChI=1S/C15H14BrNO2S.C10H9BrO/c1-2-19-15(18)14-17-12-5-3-4-9-6-7-10(16)8-11(9)13(12)20-14;11-8-5-4-7-2-1-3-10(12)9(7)6-8/h6-8H,2-5H2,1H3;4-6H,1-3H2. The molecule has 5 rings (SSSR count). The molecule has 0 atom stereocenters. The molecule has 0 aliphatic heterocycles. The number of ether oxygens (including phenoxy) is 1. The smallest absolute Gasteiger partial charge is 0.367 e. The van der Waals surface area contributed by atoms with Gasteiger partial charge in [0, 0.05) is 20.9 Å². The summed E-state index contributed by atoms with van der Waals surface area (Å²) >= 11 is 8.33. The van der Waals surface area contributed by atoms with E-state index in [1.807, 2.05) is 25.1 Å². The number of ketones is 1. The molecule has 7 heteroatoms. The predicted molar refractivity (Wildman–Crippen MR) is 135 cm³/mol. The summed E-state index contributed by atoms with van der Waals surface area (Å²) in [5, 5.41) is 0.463. The molecule has 2 aliphatic rings. The fourth-order valence-electron chi connectivity index (χ4n) is 4.04. The molecule has 1 aromatic heterocycles. The topological polar surface area (TPSA) is 56.3 Å². The van der Waals surface area contributed by atoms with Gasteiger partial charge in [0.2, 0.25) is 5.01 Å². The Kier molecular flexibility index (Phi) is 7.59. The van der Waals surface area contributed by atoms with E-state index in [-0.39, 0.29) is 11.8 Å². The molecule has 32 heavy (non-hydrogen) atoms. The van der Waals surface area contributed by atoms with Crippen LogP contribution >= 0.6 is 43.2 Å². The van der Waals surface area contributed by atoms with Crippen LogP contribution in [0.2, 0.25) is 0 Å². The minimum absolute atomic E-state index is 0.289. The first kappa shape index (κ1) is 23.3. The van der Waals surface area contributed by atoms with Crippen LogP contribution in [0.1, 0.15) is 63.2 Å². The number of Topliss-reactive ketones (excluding diaryl/α,β-unsaturated/α-hetero) is 1. The summed E-state index contributed by atoms with van der Waals surface area (Å²) < 4.78 is 7.10. The number of fused-ring (bicyclic) bond motifs is 4. The number of nitrogens with zero attached hydrogens (tertiary/aromatic N) is 1. The van der Waals surface area contributed by atoms with E-state index >= 15 is 0 Å². The zero-order valence-corrected chi connectivity index (χ0v) is 21.7. The highest BCUT2D eigenvalue weighted by molar-refractivity contribution is 9.10. The van der Waals surface area contributed by atoms with Crippen LogP contribution in [0.4, 0.5) is 0 Å². The molecule has 0 saturated heterocycles. The fraction of sp³-hybridized carbons (Fsp3) is 0.320. The largest absolute Gasteiger partial charge is 0.461 e. The molecule has 4 nitrogen and oxygen atoms in total. The molecule has 0 amide bonds. The number of rotatable bonds is 2. The van der Waals surface area contributed by atoms with Gasteiger partial charge in [-0.05, 0) is 80.0 Å². The van der Waals surface area contributed by atoms with Gasteiger partial charge in [0.25, 0.3) is 0 Å². The van der Waals surface area contributed by atoms with Crippen molar-refractivity contribution in [3.63, 3.8) is 0 Å². The van der Waals surface area contributed by atoms with Gasteiger partial charge in [0.1, 0.15) is 0 Å². The van der Waals surface area contributed by atoms with E-state index in [9.17, 15) is 9.59 Å². The van der Waals surface area contributed by atoms with Crippen LogP contribution in [0, 0.1) is 0 Å². The van der Waals surface area contributed by atoms with Gasteiger partial charge < -0.3 is 4.74 Å². The normalized spacial score (nSPS) is 14.3. The number of hydrogen-bond acceptors (Lipinski definition) is 5. The van der Waals surface area contributed by atoms with Crippen molar-refractivity contribution in [2.45, 2.75) is 45.4 Å². The number of benzene rings is 2. The summed E-state index contributed by atoms with van der Waals surface area (Å²) in [4.78, 5) is 28.9. The zero-order chi connectivity index (χ0) is 22.7. The first-order valence-corrected chi connectivity index (χ1v) is 13.1. The first-order chi connectivity index (χ1) is 15.5. The van der Waals surface area contributed by atoms with Gasteiger partial charge in [0.05, 0.1) is 17.2 Å². The molecule has 0 fully saturated rings. The Hall–Kier alpha value is -1.83. The van der Waals surface area contributed by atoms with Crippen molar-refractivity contribution in [2.24, 2.45) is 0 Å². The van der Waals surface area contributed by atoms with Gasteiger partial charge in [0.15, 0.2) is 5.78 Å². The Labute approximate surface area is 208 Å². The van der Waals surface area contributed by atoms with Crippen molar-refractivity contribution in [3.8, 4) is 10.4 Å². The quantitative estimate of drug-likeness (QED) is 0.302. The highest BCUT2D eigenvalue weighted by Gasteiger charge is 2.22. The molecule has 0 N–H and O–H groups in total. The van der Waals surface area contributed by atoms with E-state index in [1.165, 1.54) is 28.0 Å². The summed E-state index contributed by atoms with van der Waals surface area (Å²) in [6.45, 7) is 2.19. The van der Waals surface area contributed by atoms with Crippen molar-refractivity contribution >= 4 is 54.9 Å². The maximum Gasteiger partial charge on any atom is 0.367 e. The van der Waals surface area contributed by atoms with Gasteiger partial charge in [-0.2, -0.15) is 0 Å². The van der Waals surface area contributed by atoms with E-state index in [4.69, 9.17) is 4.74 Å². The number of esters is 1. The Balaban J connectivity index is 0.000000174. The summed E-state index contributed by atoms with van der Waals surface area (Å²) in [5.74, 6) is -0.0281. The molecule has 1 heterocycles. The van der Waals surface area contributed by atoms with Crippen LogP contribution in [-0.4, -0.2) is 23.3 Å². The average Bonchev–Trinajstić information content (AvgIpc) is 3.13. The third-order valence-electron chi connectivity index (χ3n) is 5.55. The van der Waals surface area contributed by atoms with Gasteiger partial charge in [-0.15, -0.1) is 11.3 Å². The van der Waals surface area contributed by atoms with Crippen molar-refractivity contribution in [2.75, 3.05) is 6.61 Å². The molecule has 0 bridgehead atoms. The monoisotopic (exact) mass is 575 g/mol. The molecule has 0 radical (unpaired) electrons. The van der Waals surface area contributed by atoms with Crippen LogP contribution in [0.3, 0.4) is 0 Å². The lowest BCUT2D eigenvalue weighted by Gasteiger charge is -2.13. The molecule has 0 spiro atoms. The van der Waals surface area contributed by atoms with Gasteiger partial charge in [-0.25, -0.2) is 9.78 Å². The highest BCUT2D eigenvalue weighted by atomic mass is 79.9. The van der Waals surface area contributed by atoms with E-state index in [0.29, 0.717) is 18.0 Å². The molecule has 0 saturated carbocycles. The third-order valence-corrected chi connectivity index (χ3v) is 7.64. The lowest BCUT2D eigenvalue weighted by Crippen LogP contribution is -2.10. The van der Waals surface area contributed by atoms with E-state index in [0.717, 1.165) is 57.2 Å². The number of thiazole rings is 1. The summed E-state index contributed by atoms with van der Waals surface area (Å²) in [5.41, 5.74) is 5.66.